The number of hydrogen-bond acceptors (Lipinski definition) is 1. The molecule has 0 N–H and O–H groups in total. The zero-order valence-corrected chi connectivity index (χ0v) is 20.3. The summed E-state index contributed by atoms with van der Waals surface area (Å²) in [6, 6.07) is 27.1. The molecule has 0 unspecified atom stereocenters. The Hall–Kier alpha value is -4.75. The Morgan fingerprint density at radius 3 is 2.43 bits per heavy atom. The van der Waals surface area contributed by atoms with Gasteiger partial charge >= 0.3 is 0 Å². The van der Waals surface area contributed by atoms with Gasteiger partial charge in [0.25, 0.3) is 0 Å². The van der Waals surface area contributed by atoms with Crippen LogP contribution in [0.2, 0.25) is 0 Å². The maximum absolute atomic E-state index is 15.1. The molecule has 4 aromatic carbocycles. The first-order chi connectivity index (χ1) is 19.2. The summed E-state index contributed by atoms with van der Waals surface area (Å²) in [5.74, 6) is -0.805. The highest BCUT2D eigenvalue weighted by Crippen LogP contribution is 2.45. The van der Waals surface area contributed by atoms with Crippen molar-refractivity contribution in [3.63, 3.8) is 0 Å². The number of aryl methyl sites for hydroxylation is 3. The molecule has 0 bridgehead atoms. The topological polar surface area (TPSA) is 21.4 Å². The third kappa shape index (κ3) is 3.68. The lowest BCUT2D eigenvalue weighted by molar-refractivity contribution is -0.661. The van der Waals surface area contributed by atoms with Gasteiger partial charge in [0.1, 0.15) is 24.0 Å². The van der Waals surface area contributed by atoms with Gasteiger partial charge < -0.3 is 4.42 Å². The first-order valence-electron chi connectivity index (χ1n) is 13.4. The van der Waals surface area contributed by atoms with Crippen LogP contribution in [-0.4, -0.2) is 0 Å². The van der Waals surface area contributed by atoms with Crippen molar-refractivity contribution in [2.45, 2.75) is 13.8 Å². The molecule has 6 aromatic rings. The standard InChI is InChI=1S/C33H24FN2O/c1-20-13-14-26-31-28(35-3)16-15-25(24-12-8-11-23(17-24)22-9-6-5-7-10-22)32(31)37-33(26)30(20)29-18-27(34)21(2)19-36(29)4/h5-19H,1-2,4H3/q+1/i2D3. The Bertz CT molecular complexity index is 1990. The van der Waals surface area contributed by atoms with Crippen LogP contribution in [0.4, 0.5) is 10.1 Å². The molecule has 0 radical (unpaired) electrons. The van der Waals surface area contributed by atoms with Crippen LogP contribution in [-0.2, 0) is 7.05 Å². The van der Waals surface area contributed by atoms with Gasteiger partial charge in [-0.15, -0.1) is 0 Å². The fourth-order valence-electron chi connectivity index (χ4n) is 5.03. The van der Waals surface area contributed by atoms with Gasteiger partial charge in [0.2, 0.25) is 5.69 Å². The second-order valence-corrected chi connectivity index (χ2v) is 9.16. The van der Waals surface area contributed by atoms with Crippen LogP contribution in [0.1, 0.15) is 15.2 Å². The summed E-state index contributed by atoms with van der Waals surface area (Å²) in [4.78, 5) is 3.78. The van der Waals surface area contributed by atoms with E-state index in [1.165, 1.54) is 12.3 Å². The molecule has 4 heteroatoms. The van der Waals surface area contributed by atoms with Crippen molar-refractivity contribution in [3.8, 4) is 33.5 Å². The van der Waals surface area contributed by atoms with Gasteiger partial charge in [-0.3, -0.25) is 0 Å². The number of furan rings is 1. The highest BCUT2D eigenvalue weighted by Gasteiger charge is 2.24. The molecule has 0 aliphatic heterocycles. The van der Waals surface area contributed by atoms with Crippen molar-refractivity contribution < 1.29 is 17.5 Å². The summed E-state index contributed by atoms with van der Waals surface area (Å²) < 4.78 is 46.3. The SMILES string of the molecule is [2H]C([2H])([2H])c1c[n+](C)c(-c2c(C)ccc3c2oc2c(-c4cccc(-c5ccccc5)c4)ccc([N+]#[C-])c23)cc1F. The van der Waals surface area contributed by atoms with Crippen molar-refractivity contribution in [2.24, 2.45) is 7.05 Å². The maximum atomic E-state index is 15.1. The third-order valence-corrected chi connectivity index (χ3v) is 6.86. The van der Waals surface area contributed by atoms with Crippen molar-refractivity contribution in [3.05, 3.63) is 119 Å². The van der Waals surface area contributed by atoms with Gasteiger partial charge in [0, 0.05) is 32.1 Å². The molecule has 3 nitrogen and oxygen atoms in total. The van der Waals surface area contributed by atoms with Gasteiger partial charge in [-0.05, 0) is 42.1 Å². The van der Waals surface area contributed by atoms with E-state index in [1.54, 1.807) is 17.7 Å². The lowest BCUT2D eigenvalue weighted by Gasteiger charge is -2.07. The van der Waals surface area contributed by atoms with Crippen molar-refractivity contribution >= 4 is 27.6 Å². The molecule has 178 valence electrons. The van der Waals surface area contributed by atoms with Crippen LogP contribution in [0, 0.1) is 26.2 Å². The fourth-order valence-corrected chi connectivity index (χ4v) is 5.03. The zero-order chi connectivity index (χ0) is 28.2. The second kappa shape index (κ2) is 8.72. The number of aromatic nitrogens is 1. The Balaban J connectivity index is 1.63. The molecule has 0 fully saturated rings. The highest BCUT2D eigenvalue weighted by molar-refractivity contribution is 6.18. The summed E-state index contributed by atoms with van der Waals surface area (Å²) in [6.45, 7) is 7.17. The molecule has 6 rings (SSSR count). The number of fused-ring (bicyclic) bond motifs is 3. The molecule has 0 saturated heterocycles. The average molecular weight is 487 g/mol. The number of rotatable bonds is 3. The molecule has 2 aromatic heterocycles. The monoisotopic (exact) mass is 486 g/mol. The molecule has 0 aliphatic rings. The first kappa shape index (κ1) is 19.4. The van der Waals surface area contributed by atoms with Gasteiger partial charge in [0.15, 0.2) is 11.9 Å². The fraction of sp³-hybridized carbons (Fsp3) is 0.0909. The van der Waals surface area contributed by atoms with Crippen LogP contribution in [0.25, 0.3) is 60.3 Å². The van der Waals surface area contributed by atoms with E-state index in [-0.39, 0.29) is 5.56 Å². The van der Waals surface area contributed by atoms with Gasteiger partial charge in [-0.25, -0.2) is 13.8 Å². The minimum Gasteiger partial charge on any atom is -0.456 e. The van der Waals surface area contributed by atoms with E-state index in [1.807, 2.05) is 55.5 Å². The van der Waals surface area contributed by atoms with Crippen molar-refractivity contribution in [2.75, 3.05) is 0 Å². The highest BCUT2D eigenvalue weighted by atomic mass is 19.1. The Kier molecular flexibility index (Phi) is 4.58. The van der Waals surface area contributed by atoms with E-state index in [0.29, 0.717) is 33.5 Å². The molecule has 0 atom stereocenters. The molecular weight excluding hydrogens is 459 g/mol. The van der Waals surface area contributed by atoms with Crippen LogP contribution >= 0.6 is 0 Å². The second-order valence-electron chi connectivity index (χ2n) is 9.16. The molecular formula is C33H24FN2O+. The van der Waals surface area contributed by atoms with E-state index < -0.39 is 12.7 Å². The Morgan fingerprint density at radius 2 is 1.65 bits per heavy atom. The normalized spacial score (nSPS) is 12.8. The largest absolute Gasteiger partial charge is 0.456 e. The summed E-state index contributed by atoms with van der Waals surface area (Å²) in [5.41, 5.74) is 7.10. The predicted octanol–water partition coefficient (Wildman–Crippen LogP) is 8.72. The minimum absolute atomic E-state index is 0.343. The summed E-state index contributed by atoms with van der Waals surface area (Å²) >= 11 is 0. The molecule has 37 heavy (non-hydrogen) atoms. The van der Waals surface area contributed by atoms with Gasteiger partial charge in [0.05, 0.1) is 12.1 Å². The van der Waals surface area contributed by atoms with E-state index in [9.17, 15) is 0 Å². The first-order valence-corrected chi connectivity index (χ1v) is 11.9. The Morgan fingerprint density at radius 1 is 0.865 bits per heavy atom. The smallest absolute Gasteiger partial charge is 0.219 e. The number of hydrogen-bond donors (Lipinski definition) is 0. The summed E-state index contributed by atoms with van der Waals surface area (Å²) in [7, 11) is 1.69. The van der Waals surface area contributed by atoms with Crippen molar-refractivity contribution in [1.82, 2.24) is 0 Å². The molecule has 0 saturated carbocycles. The van der Waals surface area contributed by atoms with E-state index in [0.717, 1.165) is 33.2 Å². The van der Waals surface area contributed by atoms with Crippen LogP contribution in [0.3, 0.4) is 0 Å². The summed E-state index contributed by atoms with van der Waals surface area (Å²) in [5, 5.41) is 1.43. The zero-order valence-electron chi connectivity index (χ0n) is 23.3. The van der Waals surface area contributed by atoms with E-state index in [2.05, 4.69) is 29.1 Å². The van der Waals surface area contributed by atoms with Crippen molar-refractivity contribution in [1.29, 1.82) is 0 Å². The quantitative estimate of drug-likeness (QED) is 0.181. The lowest BCUT2D eigenvalue weighted by atomic mass is 9.96. The number of pyridine rings is 1. The summed E-state index contributed by atoms with van der Waals surface area (Å²) in [6.07, 6.45) is 1.31. The van der Waals surface area contributed by atoms with Gasteiger partial charge in [-0.2, -0.15) is 0 Å². The molecule has 0 amide bonds. The maximum Gasteiger partial charge on any atom is 0.219 e. The minimum atomic E-state index is -2.57. The lowest BCUT2D eigenvalue weighted by Crippen LogP contribution is -2.31. The molecule has 0 aliphatic carbocycles. The number of nitrogens with zero attached hydrogens (tertiary/aromatic N) is 2. The Labute approximate surface area is 219 Å². The van der Waals surface area contributed by atoms with E-state index >= 15 is 4.39 Å². The van der Waals surface area contributed by atoms with Crippen LogP contribution in [0.5, 0.6) is 0 Å². The molecule has 0 spiro atoms. The van der Waals surface area contributed by atoms with E-state index in [4.69, 9.17) is 15.1 Å². The predicted molar refractivity (Wildman–Crippen MR) is 147 cm³/mol. The number of benzene rings is 4. The van der Waals surface area contributed by atoms with Crippen LogP contribution < -0.4 is 4.57 Å². The van der Waals surface area contributed by atoms with Gasteiger partial charge in [-0.1, -0.05) is 72.8 Å². The average Bonchev–Trinajstić information content (AvgIpc) is 3.33. The molecule has 2 heterocycles. The number of halogens is 1. The third-order valence-electron chi connectivity index (χ3n) is 6.86. The van der Waals surface area contributed by atoms with Crippen LogP contribution in [0.15, 0.2) is 95.5 Å².